The Bertz CT molecular complexity index is 433. The van der Waals surface area contributed by atoms with Gasteiger partial charge in [-0.3, -0.25) is 9.69 Å². The second kappa shape index (κ2) is 8.02. The number of amides is 1. The van der Waals surface area contributed by atoms with Crippen molar-refractivity contribution in [2.24, 2.45) is 5.73 Å². The third kappa shape index (κ3) is 4.32. The number of nitrogens with one attached hydrogen (secondary N) is 1. The number of rotatable bonds is 7. The third-order valence-electron chi connectivity index (χ3n) is 3.83. The lowest BCUT2D eigenvalue weighted by molar-refractivity contribution is -0.121. The minimum atomic E-state index is 0.0606. The lowest BCUT2D eigenvalue weighted by Crippen LogP contribution is -2.40. The molecule has 1 aromatic rings. The first-order valence-corrected chi connectivity index (χ1v) is 7.23. The fraction of sp³-hybridized carbons (Fsp3) is 0.562. The molecular weight excluding hydrogens is 250 g/mol. The van der Waals surface area contributed by atoms with Gasteiger partial charge in [-0.15, -0.1) is 0 Å². The van der Waals surface area contributed by atoms with Crippen molar-refractivity contribution in [2.75, 3.05) is 20.6 Å². The molecule has 3 N–H and O–H groups in total. The predicted octanol–water partition coefficient (Wildman–Crippen LogP) is 1.84. The number of nitrogens with two attached hydrogens (primary N) is 1. The summed E-state index contributed by atoms with van der Waals surface area (Å²) in [6, 6.07) is 8.53. The third-order valence-corrected chi connectivity index (χ3v) is 3.83. The molecule has 2 atom stereocenters. The highest BCUT2D eigenvalue weighted by molar-refractivity contribution is 5.75. The average molecular weight is 277 g/mol. The van der Waals surface area contributed by atoms with Crippen LogP contribution in [0.15, 0.2) is 24.3 Å². The Morgan fingerprint density at radius 2 is 2.05 bits per heavy atom. The van der Waals surface area contributed by atoms with Gasteiger partial charge in [0.25, 0.3) is 0 Å². The Morgan fingerprint density at radius 3 is 2.60 bits per heavy atom. The molecule has 4 heteroatoms. The normalized spacial score (nSPS) is 14.1. The van der Waals surface area contributed by atoms with Gasteiger partial charge in [0.1, 0.15) is 0 Å². The van der Waals surface area contributed by atoms with Crippen LogP contribution in [0.4, 0.5) is 0 Å². The van der Waals surface area contributed by atoms with E-state index in [0.717, 1.165) is 6.42 Å². The van der Waals surface area contributed by atoms with E-state index in [-0.39, 0.29) is 18.0 Å². The van der Waals surface area contributed by atoms with Crippen molar-refractivity contribution in [1.82, 2.24) is 10.2 Å². The summed E-state index contributed by atoms with van der Waals surface area (Å²) in [6.45, 7) is 4.91. The summed E-state index contributed by atoms with van der Waals surface area (Å²) in [5.74, 6) is 0.0606. The molecule has 112 valence electrons. The van der Waals surface area contributed by atoms with Gasteiger partial charge in [-0.05, 0) is 31.5 Å². The van der Waals surface area contributed by atoms with Crippen molar-refractivity contribution < 1.29 is 4.79 Å². The van der Waals surface area contributed by atoms with Crippen molar-refractivity contribution >= 4 is 5.91 Å². The minimum absolute atomic E-state index is 0.0606. The predicted molar refractivity (Wildman–Crippen MR) is 83.5 cm³/mol. The molecule has 2 unspecified atom stereocenters. The first kappa shape index (κ1) is 16.7. The van der Waals surface area contributed by atoms with E-state index < -0.39 is 0 Å². The Balaban J connectivity index is 2.90. The maximum Gasteiger partial charge on any atom is 0.221 e. The molecule has 0 aliphatic heterocycles. The van der Waals surface area contributed by atoms with Gasteiger partial charge in [0.05, 0.1) is 0 Å². The Labute approximate surface area is 122 Å². The maximum absolute atomic E-state index is 11.4. The van der Waals surface area contributed by atoms with E-state index in [2.05, 4.69) is 36.2 Å². The molecular formula is C16H27N3O. The smallest absolute Gasteiger partial charge is 0.221 e. The average Bonchev–Trinajstić information content (AvgIpc) is 2.46. The zero-order chi connectivity index (χ0) is 15.1. The van der Waals surface area contributed by atoms with Gasteiger partial charge >= 0.3 is 0 Å². The molecule has 0 saturated carbocycles. The molecule has 0 aliphatic carbocycles. The lowest BCUT2D eigenvalue weighted by Gasteiger charge is -2.33. The molecule has 20 heavy (non-hydrogen) atoms. The van der Waals surface area contributed by atoms with Crippen LogP contribution in [-0.2, 0) is 4.79 Å². The topological polar surface area (TPSA) is 58.4 Å². The monoisotopic (exact) mass is 277 g/mol. The van der Waals surface area contributed by atoms with Gasteiger partial charge in [-0.1, -0.05) is 31.2 Å². The lowest BCUT2D eigenvalue weighted by atomic mass is 9.93. The zero-order valence-electron chi connectivity index (χ0n) is 13.0. The summed E-state index contributed by atoms with van der Waals surface area (Å²) in [5, 5.41) is 2.66. The van der Waals surface area contributed by atoms with Crippen molar-refractivity contribution in [2.45, 2.75) is 38.8 Å². The standard InChI is InChI=1S/C16H27N3O/c1-5-14(17)16(13-9-7-6-8-12(13)2)19(4)11-10-15(20)18-3/h6-9,14,16H,5,10-11,17H2,1-4H3,(H,18,20). The molecule has 1 rings (SSSR count). The molecule has 0 heterocycles. The molecule has 4 nitrogen and oxygen atoms in total. The van der Waals surface area contributed by atoms with Crippen LogP contribution in [0.2, 0.25) is 0 Å². The van der Waals surface area contributed by atoms with Gasteiger partial charge in [-0.2, -0.15) is 0 Å². The van der Waals surface area contributed by atoms with Gasteiger partial charge in [0.2, 0.25) is 5.91 Å². The SMILES string of the molecule is CCC(N)C(c1ccccc1C)N(C)CCC(=O)NC. The van der Waals surface area contributed by atoms with E-state index in [1.165, 1.54) is 11.1 Å². The second-order valence-electron chi connectivity index (χ2n) is 5.28. The zero-order valence-corrected chi connectivity index (χ0v) is 13.0. The maximum atomic E-state index is 11.4. The molecule has 0 fully saturated rings. The van der Waals surface area contributed by atoms with Crippen molar-refractivity contribution in [3.63, 3.8) is 0 Å². The van der Waals surface area contributed by atoms with Crippen LogP contribution >= 0.6 is 0 Å². The van der Waals surface area contributed by atoms with E-state index in [4.69, 9.17) is 5.73 Å². The molecule has 1 amide bonds. The van der Waals surface area contributed by atoms with Crippen LogP contribution in [0.25, 0.3) is 0 Å². The van der Waals surface area contributed by atoms with Gasteiger partial charge in [-0.25, -0.2) is 0 Å². The quantitative estimate of drug-likeness (QED) is 0.799. The fourth-order valence-electron chi connectivity index (χ4n) is 2.48. The van der Waals surface area contributed by atoms with E-state index >= 15 is 0 Å². The van der Waals surface area contributed by atoms with Gasteiger partial charge < -0.3 is 11.1 Å². The molecule has 0 radical (unpaired) electrons. The largest absolute Gasteiger partial charge is 0.359 e. The Hall–Kier alpha value is -1.39. The fourth-order valence-corrected chi connectivity index (χ4v) is 2.48. The first-order chi connectivity index (χ1) is 9.51. The summed E-state index contributed by atoms with van der Waals surface area (Å²) < 4.78 is 0. The number of hydrogen-bond donors (Lipinski definition) is 2. The summed E-state index contributed by atoms with van der Waals surface area (Å²) in [7, 11) is 3.70. The number of nitrogens with zero attached hydrogens (tertiary/aromatic N) is 1. The van der Waals surface area contributed by atoms with Gasteiger partial charge in [0.15, 0.2) is 0 Å². The highest BCUT2D eigenvalue weighted by Crippen LogP contribution is 2.26. The molecule has 0 aliphatic rings. The van der Waals surface area contributed by atoms with Crippen molar-refractivity contribution in [1.29, 1.82) is 0 Å². The van der Waals surface area contributed by atoms with Gasteiger partial charge in [0, 0.05) is 32.1 Å². The second-order valence-corrected chi connectivity index (χ2v) is 5.28. The molecule has 0 spiro atoms. The van der Waals surface area contributed by atoms with Crippen LogP contribution in [0.5, 0.6) is 0 Å². The summed E-state index contributed by atoms with van der Waals surface area (Å²) in [6.07, 6.45) is 1.40. The summed E-state index contributed by atoms with van der Waals surface area (Å²) >= 11 is 0. The van der Waals surface area contributed by atoms with Crippen LogP contribution in [-0.4, -0.2) is 37.5 Å². The van der Waals surface area contributed by atoms with Crippen LogP contribution in [0.3, 0.4) is 0 Å². The number of aryl methyl sites for hydroxylation is 1. The highest BCUT2D eigenvalue weighted by atomic mass is 16.1. The number of carbonyl (C=O) groups is 1. The van der Waals surface area contributed by atoms with Crippen molar-refractivity contribution in [3.8, 4) is 0 Å². The summed E-state index contributed by atoms with van der Waals surface area (Å²) in [5.41, 5.74) is 8.81. The number of hydrogen-bond acceptors (Lipinski definition) is 3. The molecule has 0 saturated heterocycles. The number of benzene rings is 1. The van der Waals surface area contributed by atoms with E-state index in [1.54, 1.807) is 7.05 Å². The summed E-state index contributed by atoms with van der Waals surface area (Å²) in [4.78, 5) is 13.6. The van der Waals surface area contributed by atoms with Crippen LogP contribution < -0.4 is 11.1 Å². The molecule has 0 bridgehead atoms. The Morgan fingerprint density at radius 1 is 1.40 bits per heavy atom. The minimum Gasteiger partial charge on any atom is -0.359 e. The molecule has 1 aromatic carbocycles. The first-order valence-electron chi connectivity index (χ1n) is 7.23. The van der Waals surface area contributed by atoms with E-state index in [9.17, 15) is 4.79 Å². The molecule has 0 aromatic heterocycles. The number of likely N-dealkylation sites (N-methyl/N-ethyl adjacent to an activating group) is 1. The van der Waals surface area contributed by atoms with Crippen molar-refractivity contribution in [3.05, 3.63) is 35.4 Å². The van der Waals surface area contributed by atoms with Crippen LogP contribution in [0, 0.1) is 6.92 Å². The Kier molecular flexibility index (Phi) is 6.68. The highest BCUT2D eigenvalue weighted by Gasteiger charge is 2.24. The number of carbonyl (C=O) groups excluding carboxylic acids is 1. The van der Waals surface area contributed by atoms with E-state index in [0.29, 0.717) is 13.0 Å². The van der Waals surface area contributed by atoms with E-state index in [1.807, 2.05) is 19.2 Å². The van der Waals surface area contributed by atoms with Crippen LogP contribution in [0.1, 0.15) is 36.9 Å².